The van der Waals surface area contributed by atoms with Crippen molar-refractivity contribution < 1.29 is 28.9 Å². The highest BCUT2D eigenvalue weighted by Crippen LogP contribution is 2.47. The number of amides is 1. The van der Waals surface area contributed by atoms with E-state index in [1.807, 2.05) is 6.07 Å². The quantitative estimate of drug-likeness (QED) is 0.572. The third-order valence-corrected chi connectivity index (χ3v) is 5.69. The third-order valence-electron chi connectivity index (χ3n) is 5.46. The summed E-state index contributed by atoms with van der Waals surface area (Å²) >= 11 is 6.19. The fourth-order valence-corrected chi connectivity index (χ4v) is 4.24. The standard InChI is InChI=1S/C23H21ClN2O6/c1-30-17-10-19(32-3)18(31-2)8-14(17)15-9-20(27)25-21-16(23(28)29)11-26(22(15)21)13-6-4-5-12(24)7-13/h4-8,10-11,15H,9H2,1-3H3,(H,25,27)(H,28,29)/t15-/m0/s1. The van der Waals surface area contributed by atoms with Crippen LogP contribution in [-0.4, -0.2) is 42.9 Å². The maximum Gasteiger partial charge on any atom is 0.339 e. The summed E-state index contributed by atoms with van der Waals surface area (Å²) in [5.74, 6) is -0.530. The number of carbonyl (C=O) groups is 2. The molecular formula is C23H21ClN2O6. The van der Waals surface area contributed by atoms with E-state index in [2.05, 4.69) is 5.32 Å². The number of hydrogen-bond donors (Lipinski definition) is 2. The van der Waals surface area contributed by atoms with Gasteiger partial charge in [-0.1, -0.05) is 17.7 Å². The van der Waals surface area contributed by atoms with Gasteiger partial charge < -0.3 is 29.2 Å². The van der Waals surface area contributed by atoms with Crippen molar-refractivity contribution in [3.05, 3.63) is 64.4 Å². The molecule has 2 aromatic carbocycles. The number of fused-ring (bicyclic) bond motifs is 1. The van der Waals surface area contributed by atoms with Gasteiger partial charge in [0.15, 0.2) is 11.5 Å². The summed E-state index contributed by atoms with van der Waals surface area (Å²) in [7, 11) is 4.56. The number of carboxylic acid groups (broad SMARTS) is 1. The summed E-state index contributed by atoms with van der Waals surface area (Å²) in [4.78, 5) is 24.6. The Morgan fingerprint density at radius 1 is 1.09 bits per heavy atom. The van der Waals surface area contributed by atoms with Crippen LogP contribution in [0.1, 0.15) is 34.0 Å². The second kappa shape index (κ2) is 8.47. The number of rotatable bonds is 6. The van der Waals surface area contributed by atoms with Crippen LogP contribution in [0.5, 0.6) is 17.2 Å². The zero-order chi connectivity index (χ0) is 23.0. The summed E-state index contributed by atoms with van der Waals surface area (Å²) in [5.41, 5.74) is 2.17. The van der Waals surface area contributed by atoms with Crippen LogP contribution in [0.4, 0.5) is 5.69 Å². The predicted octanol–water partition coefficient (Wildman–Crippen LogP) is 4.33. The number of aromatic carboxylic acids is 1. The topological polar surface area (TPSA) is 99.0 Å². The van der Waals surface area contributed by atoms with Crippen LogP contribution in [-0.2, 0) is 4.79 Å². The summed E-state index contributed by atoms with van der Waals surface area (Å²) in [6, 6.07) is 10.5. The van der Waals surface area contributed by atoms with Crippen LogP contribution < -0.4 is 19.5 Å². The van der Waals surface area contributed by atoms with Gasteiger partial charge in [-0.25, -0.2) is 4.79 Å². The lowest BCUT2D eigenvalue weighted by molar-refractivity contribution is -0.116. The number of ether oxygens (including phenoxy) is 3. The number of anilines is 1. The van der Waals surface area contributed by atoms with Crippen molar-refractivity contribution in [1.82, 2.24) is 4.57 Å². The van der Waals surface area contributed by atoms with Crippen molar-refractivity contribution >= 4 is 29.2 Å². The van der Waals surface area contributed by atoms with E-state index in [0.29, 0.717) is 39.2 Å². The molecule has 2 N–H and O–H groups in total. The molecule has 0 bridgehead atoms. The molecule has 1 aliphatic rings. The Kier molecular flexibility index (Phi) is 5.71. The molecule has 0 fully saturated rings. The zero-order valence-electron chi connectivity index (χ0n) is 17.6. The van der Waals surface area contributed by atoms with E-state index in [9.17, 15) is 14.7 Å². The van der Waals surface area contributed by atoms with Gasteiger partial charge in [0.2, 0.25) is 5.91 Å². The van der Waals surface area contributed by atoms with E-state index >= 15 is 0 Å². The first-order valence-corrected chi connectivity index (χ1v) is 10.1. The van der Waals surface area contributed by atoms with E-state index in [1.54, 1.807) is 34.9 Å². The maximum absolute atomic E-state index is 12.6. The maximum atomic E-state index is 12.6. The average Bonchev–Trinajstić information content (AvgIpc) is 3.17. The Morgan fingerprint density at radius 2 is 1.78 bits per heavy atom. The molecule has 2 heterocycles. The molecule has 0 saturated heterocycles. The lowest BCUT2D eigenvalue weighted by atomic mass is 9.87. The minimum Gasteiger partial charge on any atom is -0.496 e. The first-order valence-electron chi connectivity index (χ1n) is 9.72. The van der Waals surface area contributed by atoms with Crippen LogP contribution >= 0.6 is 11.6 Å². The monoisotopic (exact) mass is 456 g/mol. The molecule has 4 rings (SSSR count). The van der Waals surface area contributed by atoms with E-state index in [1.165, 1.54) is 27.5 Å². The van der Waals surface area contributed by atoms with Crippen molar-refractivity contribution in [2.24, 2.45) is 0 Å². The van der Waals surface area contributed by atoms with E-state index < -0.39 is 11.9 Å². The fourth-order valence-electron chi connectivity index (χ4n) is 4.05. The Labute approximate surface area is 189 Å². The normalized spacial score (nSPS) is 15.0. The van der Waals surface area contributed by atoms with Gasteiger partial charge in [-0.05, 0) is 24.3 Å². The Morgan fingerprint density at radius 3 is 2.41 bits per heavy atom. The van der Waals surface area contributed by atoms with Crippen LogP contribution in [0.15, 0.2) is 42.6 Å². The van der Waals surface area contributed by atoms with Gasteiger partial charge >= 0.3 is 5.97 Å². The van der Waals surface area contributed by atoms with Gasteiger partial charge in [0.05, 0.1) is 32.7 Å². The highest BCUT2D eigenvalue weighted by Gasteiger charge is 2.36. The first kappa shape index (κ1) is 21.6. The minimum atomic E-state index is -1.15. The van der Waals surface area contributed by atoms with Gasteiger partial charge in [-0.2, -0.15) is 0 Å². The molecular weight excluding hydrogens is 436 g/mol. The molecule has 0 unspecified atom stereocenters. The third kappa shape index (κ3) is 3.62. The molecule has 0 spiro atoms. The van der Waals surface area contributed by atoms with Crippen molar-refractivity contribution in [3.63, 3.8) is 0 Å². The number of carbonyl (C=O) groups excluding carboxylic acids is 1. The zero-order valence-corrected chi connectivity index (χ0v) is 18.4. The molecule has 1 aliphatic heterocycles. The number of halogens is 1. The first-order chi connectivity index (χ1) is 15.4. The number of nitrogens with one attached hydrogen (secondary N) is 1. The number of hydrogen-bond acceptors (Lipinski definition) is 5. The number of aromatic nitrogens is 1. The number of benzene rings is 2. The van der Waals surface area contributed by atoms with Crippen LogP contribution in [0.25, 0.3) is 5.69 Å². The average molecular weight is 457 g/mol. The molecule has 1 atom stereocenters. The molecule has 0 saturated carbocycles. The molecule has 0 aliphatic carbocycles. The van der Waals surface area contributed by atoms with E-state index in [-0.39, 0.29) is 23.6 Å². The van der Waals surface area contributed by atoms with Crippen LogP contribution in [0.2, 0.25) is 5.02 Å². The van der Waals surface area contributed by atoms with Gasteiger partial charge in [-0.15, -0.1) is 0 Å². The van der Waals surface area contributed by atoms with Crippen molar-refractivity contribution in [3.8, 4) is 22.9 Å². The molecule has 3 aromatic rings. The van der Waals surface area contributed by atoms with Gasteiger partial charge in [0.25, 0.3) is 0 Å². The second-order valence-electron chi connectivity index (χ2n) is 7.21. The van der Waals surface area contributed by atoms with Gasteiger partial charge in [0, 0.05) is 40.9 Å². The van der Waals surface area contributed by atoms with Crippen molar-refractivity contribution in [2.75, 3.05) is 26.6 Å². The van der Waals surface area contributed by atoms with Gasteiger partial charge in [0.1, 0.15) is 11.3 Å². The summed E-state index contributed by atoms with van der Waals surface area (Å²) in [5, 5.41) is 13.0. The number of methoxy groups -OCH3 is 3. The lowest BCUT2D eigenvalue weighted by Crippen LogP contribution is -2.26. The van der Waals surface area contributed by atoms with E-state index in [0.717, 1.165) is 0 Å². The van der Waals surface area contributed by atoms with Gasteiger partial charge in [-0.3, -0.25) is 4.79 Å². The largest absolute Gasteiger partial charge is 0.496 e. The Balaban J connectivity index is 2.01. The number of carboxylic acids is 1. The molecule has 1 aromatic heterocycles. The SMILES string of the molecule is COc1cc(OC)c([C@@H]2CC(=O)Nc3c(C(=O)O)cn(-c4cccc(Cl)c4)c32)cc1OC. The summed E-state index contributed by atoms with van der Waals surface area (Å²) in [6.45, 7) is 0. The lowest BCUT2D eigenvalue weighted by Gasteiger charge is -2.28. The second-order valence-corrected chi connectivity index (χ2v) is 7.65. The molecule has 32 heavy (non-hydrogen) atoms. The fraction of sp³-hybridized carbons (Fsp3) is 0.217. The van der Waals surface area contributed by atoms with Crippen LogP contribution in [0.3, 0.4) is 0 Å². The predicted molar refractivity (Wildman–Crippen MR) is 119 cm³/mol. The molecule has 0 radical (unpaired) electrons. The van der Waals surface area contributed by atoms with Crippen molar-refractivity contribution in [1.29, 1.82) is 0 Å². The molecule has 1 amide bonds. The number of nitrogens with zero attached hydrogens (tertiary/aromatic N) is 1. The van der Waals surface area contributed by atoms with E-state index in [4.69, 9.17) is 25.8 Å². The molecule has 9 heteroatoms. The highest BCUT2D eigenvalue weighted by molar-refractivity contribution is 6.30. The molecule has 8 nitrogen and oxygen atoms in total. The summed E-state index contributed by atoms with van der Waals surface area (Å²) in [6.07, 6.45) is 1.58. The summed E-state index contributed by atoms with van der Waals surface area (Å²) < 4.78 is 18.2. The van der Waals surface area contributed by atoms with Crippen LogP contribution in [0, 0.1) is 0 Å². The van der Waals surface area contributed by atoms with Crippen molar-refractivity contribution in [2.45, 2.75) is 12.3 Å². The highest BCUT2D eigenvalue weighted by atomic mass is 35.5. The smallest absolute Gasteiger partial charge is 0.339 e. The Hall–Kier alpha value is -3.65. The minimum absolute atomic E-state index is 0.0162. The molecule has 166 valence electrons. The Bertz CT molecular complexity index is 1220.